The van der Waals surface area contributed by atoms with Gasteiger partial charge >= 0.3 is 0 Å². The van der Waals surface area contributed by atoms with Crippen molar-refractivity contribution < 1.29 is 16.8 Å². The molecule has 1 fully saturated rings. The van der Waals surface area contributed by atoms with Crippen LogP contribution in [0.2, 0.25) is 0 Å². The second-order valence-corrected chi connectivity index (χ2v) is 10.6. The van der Waals surface area contributed by atoms with E-state index in [1.54, 1.807) is 38.1 Å². The maximum atomic E-state index is 13.0. The predicted molar refractivity (Wildman–Crippen MR) is 95.4 cm³/mol. The topological polar surface area (TPSA) is 83.9 Å². The number of benzene rings is 1. The van der Waals surface area contributed by atoms with E-state index in [1.807, 2.05) is 13.8 Å². The van der Waals surface area contributed by atoms with Gasteiger partial charge in [0.05, 0.1) is 22.4 Å². The zero-order valence-corrected chi connectivity index (χ0v) is 16.1. The standard InChI is InChI=1S/C16H24N2O4S2/c1-12(2)14-5-7-16(8-6-14)24(21,22)18(17-13(3)4)15-9-10-23(19,20)11-15/h5-8,12,15H,9-11H2,1-4H3/t15-/m0/s1. The van der Waals surface area contributed by atoms with E-state index in [0.29, 0.717) is 11.6 Å². The lowest BCUT2D eigenvalue weighted by Gasteiger charge is -2.25. The molecule has 1 aromatic rings. The summed E-state index contributed by atoms with van der Waals surface area (Å²) in [5.41, 5.74) is 1.60. The molecule has 1 heterocycles. The van der Waals surface area contributed by atoms with E-state index in [-0.39, 0.29) is 22.8 Å². The molecule has 24 heavy (non-hydrogen) atoms. The van der Waals surface area contributed by atoms with Gasteiger partial charge in [-0.1, -0.05) is 26.0 Å². The van der Waals surface area contributed by atoms with Gasteiger partial charge in [0.1, 0.15) is 0 Å². The highest BCUT2D eigenvalue weighted by atomic mass is 32.2. The lowest BCUT2D eigenvalue weighted by Crippen LogP contribution is -2.37. The molecule has 0 unspecified atom stereocenters. The molecule has 0 aliphatic carbocycles. The Morgan fingerprint density at radius 3 is 2.21 bits per heavy atom. The van der Waals surface area contributed by atoms with Crippen molar-refractivity contribution in [2.24, 2.45) is 5.10 Å². The summed E-state index contributed by atoms with van der Waals surface area (Å²) in [7, 11) is -7.10. The molecule has 2 rings (SSSR count). The van der Waals surface area contributed by atoms with E-state index < -0.39 is 25.9 Å². The molecule has 134 valence electrons. The first kappa shape index (κ1) is 18.9. The molecule has 0 spiro atoms. The molecule has 0 amide bonds. The molecule has 0 aromatic heterocycles. The number of sulfone groups is 1. The van der Waals surface area contributed by atoms with Gasteiger partial charge in [-0.05, 0) is 43.9 Å². The fourth-order valence-electron chi connectivity index (χ4n) is 2.61. The SMILES string of the molecule is CC(C)=NN([C@H]1CCS(=O)(=O)C1)S(=O)(=O)c1ccc(C(C)C)cc1. The molecular formula is C16H24N2O4S2. The predicted octanol–water partition coefficient (Wildman–Crippen LogP) is 2.38. The molecule has 6 nitrogen and oxygen atoms in total. The average Bonchev–Trinajstić information content (AvgIpc) is 2.84. The fraction of sp³-hybridized carbons (Fsp3) is 0.562. The largest absolute Gasteiger partial charge is 0.279 e. The first-order valence-electron chi connectivity index (χ1n) is 7.89. The van der Waals surface area contributed by atoms with Gasteiger partial charge in [0, 0.05) is 5.71 Å². The summed E-state index contributed by atoms with van der Waals surface area (Å²) < 4.78 is 50.4. The third-order valence-electron chi connectivity index (χ3n) is 3.91. The van der Waals surface area contributed by atoms with Crippen LogP contribution in [0.4, 0.5) is 0 Å². The molecule has 0 saturated carbocycles. The Bertz CT molecular complexity index is 821. The lowest BCUT2D eigenvalue weighted by molar-refractivity contribution is 0.355. The average molecular weight is 373 g/mol. The maximum absolute atomic E-state index is 13.0. The van der Waals surface area contributed by atoms with E-state index in [4.69, 9.17) is 0 Å². The van der Waals surface area contributed by atoms with Gasteiger partial charge in [0.25, 0.3) is 10.0 Å². The summed E-state index contributed by atoms with van der Waals surface area (Å²) in [6.45, 7) is 7.44. The van der Waals surface area contributed by atoms with Crippen LogP contribution in [0.3, 0.4) is 0 Å². The van der Waals surface area contributed by atoms with Crippen molar-refractivity contribution in [3.05, 3.63) is 29.8 Å². The van der Waals surface area contributed by atoms with Crippen molar-refractivity contribution in [1.82, 2.24) is 4.41 Å². The second-order valence-electron chi connectivity index (χ2n) is 6.61. The quantitative estimate of drug-likeness (QED) is 0.587. The Hall–Kier alpha value is -1.41. The monoisotopic (exact) mass is 372 g/mol. The van der Waals surface area contributed by atoms with Crippen LogP contribution in [0.15, 0.2) is 34.3 Å². The van der Waals surface area contributed by atoms with Crippen LogP contribution >= 0.6 is 0 Å². The van der Waals surface area contributed by atoms with E-state index in [9.17, 15) is 16.8 Å². The van der Waals surface area contributed by atoms with Crippen molar-refractivity contribution >= 4 is 25.6 Å². The van der Waals surface area contributed by atoms with Gasteiger partial charge in [-0.15, -0.1) is 0 Å². The van der Waals surface area contributed by atoms with Crippen molar-refractivity contribution in [3.8, 4) is 0 Å². The lowest BCUT2D eigenvalue weighted by atomic mass is 10.0. The van der Waals surface area contributed by atoms with Crippen LogP contribution < -0.4 is 0 Å². The van der Waals surface area contributed by atoms with E-state index >= 15 is 0 Å². The van der Waals surface area contributed by atoms with Crippen LogP contribution in [0, 0.1) is 0 Å². The molecule has 1 saturated heterocycles. The van der Waals surface area contributed by atoms with E-state index in [1.165, 1.54) is 0 Å². The van der Waals surface area contributed by atoms with E-state index in [2.05, 4.69) is 5.10 Å². The highest BCUT2D eigenvalue weighted by Gasteiger charge is 2.38. The van der Waals surface area contributed by atoms with Crippen LogP contribution in [0.25, 0.3) is 0 Å². The Kier molecular flexibility index (Phi) is 5.39. The fourth-order valence-corrected chi connectivity index (χ4v) is 5.94. The van der Waals surface area contributed by atoms with Gasteiger partial charge in [0.2, 0.25) is 0 Å². The Balaban J connectivity index is 2.42. The summed E-state index contributed by atoms with van der Waals surface area (Å²) in [6, 6.07) is 6.02. The zero-order valence-electron chi connectivity index (χ0n) is 14.4. The van der Waals surface area contributed by atoms with Crippen molar-refractivity contribution in [2.45, 2.75) is 51.0 Å². The van der Waals surface area contributed by atoms with Crippen molar-refractivity contribution in [2.75, 3.05) is 11.5 Å². The van der Waals surface area contributed by atoms with Gasteiger partial charge < -0.3 is 0 Å². The summed E-state index contributed by atoms with van der Waals surface area (Å²) in [5.74, 6) is 0.107. The van der Waals surface area contributed by atoms with E-state index in [0.717, 1.165) is 9.98 Å². The third kappa shape index (κ3) is 4.16. The van der Waals surface area contributed by atoms with Crippen LogP contribution in [0.5, 0.6) is 0 Å². The third-order valence-corrected chi connectivity index (χ3v) is 7.40. The van der Waals surface area contributed by atoms with Crippen LogP contribution in [-0.2, 0) is 19.9 Å². The number of hydrogen-bond acceptors (Lipinski definition) is 5. The molecule has 1 atom stereocenters. The molecule has 0 radical (unpaired) electrons. The Morgan fingerprint density at radius 1 is 1.21 bits per heavy atom. The minimum atomic E-state index is -3.89. The first-order valence-corrected chi connectivity index (χ1v) is 11.2. The number of hydrazone groups is 1. The summed E-state index contributed by atoms with van der Waals surface area (Å²) in [4.78, 5) is 0.126. The van der Waals surface area contributed by atoms with Crippen molar-refractivity contribution in [1.29, 1.82) is 0 Å². The highest BCUT2D eigenvalue weighted by Crippen LogP contribution is 2.26. The minimum Gasteiger partial charge on any atom is -0.229 e. The molecule has 0 bridgehead atoms. The summed E-state index contributed by atoms with van der Waals surface area (Å²) in [5, 5.41) is 4.13. The van der Waals surface area contributed by atoms with Gasteiger partial charge in [-0.3, -0.25) is 0 Å². The smallest absolute Gasteiger partial charge is 0.229 e. The first-order chi connectivity index (χ1) is 11.0. The van der Waals surface area contributed by atoms with Gasteiger partial charge in [-0.25, -0.2) is 8.42 Å². The summed E-state index contributed by atoms with van der Waals surface area (Å²) >= 11 is 0. The minimum absolute atomic E-state index is 0.00570. The van der Waals surface area contributed by atoms with Crippen LogP contribution in [-0.4, -0.2) is 44.5 Å². The normalized spacial score (nSPS) is 20.1. The summed E-state index contributed by atoms with van der Waals surface area (Å²) in [6.07, 6.45) is 0.266. The number of hydrogen-bond donors (Lipinski definition) is 0. The Morgan fingerprint density at radius 2 is 1.79 bits per heavy atom. The second kappa shape index (κ2) is 6.84. The molecular weight excluding hydrogens is 348 g/mol. The molecule has 1 aromatic carbocycles. The molecule has 0 N–H and O–H groups in total. The molecule has 8 heteroatoms. The highest BCUT2D eigenvalue weighted by molar-refractivity contribution is 7.92. The number of sulfonamides is 1. The zero-order chi connectivity index (χ0) is 18.1. The maximum Gasteiger partial charge on any atom is 0.279 e. The number of nitrogens with zero attached hydrogens (tertiary/aromatic N) is 2. The van der Waals surface area contributed by atoms with Crippen LogP contribution in [0.1, 0.15) is 45.6 Å². The molecule has 1 aliphatic rings. The van der Waals surface area contributed by atoms with Gasteiger partial charge in [-0.2, -0.15) is 17.9 Å². The number of rotatable bonds is 5. The van der Waals surface area contributed by atoms with Crippen molar-refractivity contribution in [3.63, 3.8) is 0 Å². The van der Waals surface area contributed by atoms with Gasteiger partial charge in [0.15, 0.2) is 9.84 Å². The molecule has 1 aliphatic heterocycles. The Labute approximate surface area is 144 Å².